The highest BCUT2D eigenvalue weighted by Crippen LogP contribution is 2.29. The number of nitrogens with one attached hydrogen (secondary N) is 1. The third kappa shape index (κ3) is 4.60. The van der Waals surface area contributed by atoms with Crippen molar-refractivity contribution in [2.45, 2.75) is 39.2 Å². The summed E-state index contributed by atoms with van der Waals surface area (Å²) in [7, 11) is 0. The summed E-state index contributed by atoms with van der Waals surface area (Å²) in [6.45, 7) is 3.04. The van der Waals surface area contributed by atoms with E-state index < -0.39 is 18.0 Å². The molecule has 0 bridgehead atoms. The van der Waals surface area contributed by atoms with E-state index in [4.69, 9.17) is 13.9 Å². The highest BCUT2D eigenvalue weighted by molar-refractivity contribution is 5.95. The molecule has 7 nitrogen and oxygen atoms in total. The molecule has 0 aliphatic heterocycles. The molecular formula is C24H23NO6. The molecular weight excluding hydrogens is 398 g/mol. The standard InChI is InChI=1S/C24H23NO6/c1-14-5-3-6-16(11-14)25-23(27)15(2)30-22(26)13-29-17-9-10-19-18-7-4-8-20(18)24(28)31-21(19)12-17/h3,5-6,9-12,15H,4,7-8,13H2,1-2H3,(H,25,27)/t15-/m0/s1. The van der Waals surface area contributed by atoms with E-state index in [9.17, 15) is 14.4 Å². The van der Waals surface area contributed by atoms with Crippen LogP contribution in [0.3, 0.4) is 0 Å². The number of fused-ring (bicyclic) bond motifs is 3. The molecule has 1 atom stereocenters. The van der Waals surface area contributed by atoms with E-state index in [1.807, 2.05) is 31.2 Å². The summed E-state index contributed by atoms with van der Waals surface area (Å²) < 4.78 is 16.0. The Kier molecular flexibility index (Phi) is 5.75. The molecule has 0 unspecified atom stereocenters. The van der Waals surface area contributed by atoms with E-state index in [1.54, 1.807) is 18.2 Å². The van der Waals surface area contributed by atoms with Crippen LogP contribution in [0.1, 0.15) is 30.0 Å². The lowest BCUT2D eigenvalue weighted by Gasteiger charge is -2.14. The minimum atomic E-state index is -0.978. The molecule has 3 aromatic rings. The van der Waals surface area contributed by atoms with Crippen molar-refractivity contribution < 1.29 is 23.5 Å². The summed E-state index contributed by atoms with van der Waals surface area (Å²) in [6, 6.07) is 12.5. The molecule has 31 heavy (non-hydrogen) atoms. The van der Waals surface area contributed by atoms with Gasteiger partial charge in [-0.15, -0.1) is 0 Å². The van der Waals surface area contributed by atoms with Gasteiger partial charge in [0.05, 0.1) is 0 Å². The molecule has 7 heteroatoms. The van der Waals surface area contributed by atoms with E-state index in [2.05, 4.69) is 5.32 Å². The van der Waals surface area contributed by atoms with E-state index >= 15 is 0 Å². The van der Waals surface area contributed by atoms with Crippen LogP contribution in [0.2, 0.25) is 0 Å². The number of hydrogen-bond donors (Lipinski definition) is 1. The number of carbonyl (C=O) groups excluding carboxylic acids is 2. The fourth-order valence-electron chi connectivity index (χ4n) is 3.75. The van der Waals surface area contributed by atoms with Crippen LogP contribution in [0.15, 0.2) is 51.7 Å². The van der Waals surface area contributed by atoms with Crippen molar-refractivity contribution in [2.24, 2.45) is 0 Å². The van der Waals surface area contributed by atoms with Crippen LogP contribution in [0, 0.1) is 6.92 Å². The number of ether oxygens (including phenoxy) is 2. The molecule has 2 aromatic carbocycles. The third-order valence-electron chi connectivity index (χ3n) is 5.26. The molecule has 0 radical (unpaired) electrons. The first-order valence-electron chi connectivity index (χ1n) is 10.2. The fraction of sp³-hybridized carbons (Fsp3) is 0.292. The lowest BCUT2D eigenvalue weighted by molar-refractivity contribution is -0.155. The molecule has 1 aromatic heterocycles. The number of anilines is 1. The van der Waals surface area contributed by atoms with Crippen molar-refractivity contribution >= 4 is 28.5 Å². The molecule has 4 rings (SSSR count). The van der Waals surface area contributed by atoms with Crippen molar-refractivity contribution in [1.82, 2.24) is 0 Å². The van der Waals surface area contributed by atoms with Crippen molar-refractivity contribution in [1.29, 1.82) is 0 Å². The van der Waals surface area contributed by atoms with Gasteiger partial charge in [-0.05, 0) is 68.5 Å². The molecule has 0 saturated heterocycles. The van der Waals surface area contributed by atoms with Crippen molar-refractivity contribution in [3.05, 3.63) is 69.6 Å². The molecule has 1 amide bonds. The van der Waals surface area contributed by atoms with Crippen molar-refractivity contribution in [3.63, 3.8) is 0 Å². The zero-order chi connectivity index (χ0) is 22.0. The van der Waals surface area contributed by atoms with Gasteiger partial charge in [0, 0.05) is 22.7 Å². The average molecular weight is 421 g/mol. The molecule has 0 spiro atoms. The zero-order valence-corrected chi connectivity index (χ0v) is 17.4. The molecule has 1 aliphatic carbocycles. The van der Waals surface area contributed by atoms with E-state index in [-0.39, 0.29) is 12.2 Å². The maximum Gasteiger partial charge on any atom is 0.344 e. The second kappa shape index (κ2) is 8.63. The van der Waals surface area contributed by atoms with E-state index in [1.165, 1.54) is 6.92 Å². The zero-order valence-electron chi connectivity index (χ0n) is 17.4. The smallest absolute Gasteiger partial charge is 0.344 e. The Morgan fingerprint density at radius 1 is 1.13 bits per heavy atom. The minimum Gasteiger partial charge on any atom is -0.482 e. The monoisotopic (exact) mass is 421 g/mol. The summed E-state index contributed by atoms with van der Waals surface area (Å²) in [5, 5.41) is 3.60. The first kappa shape index (κ1) is 20.7. The number of aryl methyl sites for hydroxylation is 2. The lowest BCUT2D eigenvalue weighted by Crippen LogP contribution is -2.31. The van der Waals surface area contributed by atoms with E-state index in [0.29, 0.717) is 17.0 Å². The Balaban J connectivity index is 1.35. The number of esters is 1. The van der Waals surface area contributed by atoms with Gasteiger partial charge in [-0.3, -0.25) is 4.79 Å². The first-order valence-corrected chi connectivity index (χ1v) is 10.2. The van der Waals surface area contributed by atoms with Crippen LogP contribution in [0.5, 0.6) is 5.75 Å². The molecule has 0 fully saturated rings. The summed E-state index contributed by atoms with van der Waals surface area (Å²) in [5.74, 6) is -0.731. The first-order chi connectivity index (χ1) is 14.9. The Morgan fingerprint density at radius 3 is 2.74 bits per heavy atom. The highest BCUT2D eigenvalue weighted by Gasteiger charge is 2.21. The van der Waals surface area contributed by atoms with Gasteiger partial charge >= 0.3 is 11.6 Å². The van der Waals surface area contributed by atoms with E-state index in [0.717, 1.165) is 41.3 Å². The number of carbonyl (C=O) groups is 2. The van der Waals surface area contributed by atoms with Crippen LogP contribution >= 0.6 is 0 Å². The normalized spacial score (nSPS) is 13.5. The van der Waals surface area contributed by atoms with Gasteiger partial charge in [-0.1, -0.05) is 12.1 Å². The molecule has 1 heterocycles. The fourth-order valence-corrected chi connectivity index (χ4v) is 3.75. The average Bonchev–Trinajstić information content (AvgIpc) is 3.23. The van der Waals surface area contributed by atoms with Crippen LogP contribution in [0.25, 0.3) is 11.0 Å². The van der Waals surface area contributed by atoms with Gasteiger partial charge in [0.1, 0.15) is 11.3 Å². The Bertz CT molecular complexity index is 1210. The maximum absolute atomic E-state index is 12.2. The molecule has 1 N–H and O–H groups in total. The van der Waals surface area contributed by atoms with Crippen LogP contribution in [-0.4, -0.2) is 24.6 Å². The maximum atomic E-state index is 12.2. The topological polar surface area (TPSA) is 94.8 Å². The van der Waals surface area contributed by atoms with Crippen LogP contribution in [0.4, 0.5) is 5.69 Å². The van der Waals surface area contributed by atoms with Crippen LogP contribution < -0.4 is 15.7 Å². The Hall–Kier alpha value is -3.61. The molecule has 1 aliphatic rings. The number of rotatable bonds is 6. The predicted molar refractivity (Wildman–Crippen MR) is 115 cm³/mol. The van der Waals surface area contributed by atoms with Gasteiger partial charge in [-0.2, -0.15) is 0 Å². The highest BCUT2D eigenvalue weighted by atomic mass is 16.6. The summed E-state index contributed by atoms with van der Waals surface area (Å²) in [6.07, 6.45) is 1.56. The minimum absolute atomic E-state index is 0.315. The van der Waals surface area contributed by atoms with Gasteiger partial charge in [0.15, 0.2) is 12.7 Å². The Morgan fingerprint density at radius 2 is 1.94 bits per heavy atom. The third-order valence-corrected chi connectivity index (χ3v) is 5.26. The second-order valence-electron chi connectivity index (χ2n) is 7.64. The molecule has 160 valence electrons. The second-order valence-corrected chi connectivity index (χ2v) is 7.64. The number of amides is 1. The van der Waals surface area contributed by atoms with Crippen molar-refractivity contribution in [2.75, 3.05) is 11.9 Å². The van der Waals surface area contributed by atoms with Gasteiger partial charge in [0.25, 0.3) is 5.91 Å². The number of benzene rings is 2. The summed E-state index contributed by atoms with van der Waals surface area (Å²) >= 11 is 0. The van der Waals surface area contributed by atoms with Crippen molar-refractivity contribution in [3.8, 4) is 5.75 Å². The largest absolute Gasteiger partial charge is 0.482 e. The molecule has 0 saturated carbocycles. The summed E-state index contributed by atoms with van der Waals surface area (Å²) in [5.41, 5.74) is 3.54. The Labute approximate surface area is 179 Å². The van der Waals surface area contributed by atoms with Gasteiger partial charge in [-0.25, -0.2) is 9.59 Å². The lowest BCUT2D eigenvalue weighted by atomic mass is 10.1. The number of hydrogen-bond acceptors (Lipinski definition) is 6. The SMILES string of the molecule is Cc1cccc(NC(=O)[C@H](C)OC(=O)COc2ccc3c4c(c(=O)oc3c2)CCC4)c1. The van der Waals surface area contributed by atoms with Gasteiger partial charge < -0.3 is 19.2 Å². The quantitative estimate of drug-likeness (QED) is 0.483. The predicted octanol–water partition coefficient (Wildman–Crippen LogP) is 3.54. The summed E-state index contributed by atoms with van der Waals surface area (Å²) in [4.78, 5) is 36.5. The van der Waals surface area contributed by atoms with Crippen LogP contribution in [-0.2, 0) is 27.2 Å². The van der Waals surface area contributed by atoms with Gasteiger partial charge in [0.2, 0.25) is 0 Å².